The predicted molar refractivity (Wildman–Crippen MR) is 66.1 cm³/mol. The van der Waals surface area contributed by atoms with Gasteiger partial charge in [-0.15, -0.1) is 0 Å². The maximum Gasteiger partial charge on any atom is 0.323 e. The van der Waals surface area contributed by atoms with Gasteiger partial charge in [0.1, 0.15) is 6.54 Å². The Morgan fingerprint density at radius 2 is 2.17 bits per heavy atom. The molecule has 1 aromatic heterocycles. The Morgan fingerprint density at radius 3 is 2.67 bits per heavy atom. The fourth-order valence-corrected chi connectivity index (χ4v) is 1.48. The van der Waals surface area contributed by atoms with Crippen molar-refractivity contribution in [1.29, 1.82) is 0 Å². The lowest BCUT2D eigenvalue weighted by Gasteiger charge is -2.26. The number of carboxylic acids is 1. The molecule has 1 aromatic rings. The number of halogens is 1. The van der Waals surface area contributed by atoms with Gasteiger partial charge in [-0.25, -0.2) is 0 Å². The molecule has 1 rings (SSSR count). The number of aromatic nitrogens is 3. The Kier molecular flexibility index (Phi) is 5.08. The Labute approximate surface area is 110 Å². The third-order valence-corrected chi connectivity index (χ3v) is 2.61. The van der Waals surface area contributed by atoms with E-state index in [-0.39, 0.29) is 29.8 Å². The number of hydrogen-bond acceptors (Lipinski definition) is 6. The summed E-state index contributed by atoms with van der Waals surface area (Å²) in [6.45, 7) is 3.62. The molecule has 0 saturated carbocycles. The van der Waals surface area contributed by atoms with Gasteiger partial charge >= 0.3 is 12.0 Å². The minimum absolute atomic E-state index is 0.0319. The van der Waals surface area contributed by atoms with Crippen LogP contribution >= 0.6 is 11.6 Å². The largest absolute Gasteiger partial charge is 0.480 e. The predicted octanol–water partition coefficient (Wildman–Crippen LogP) is 1.22. The van der Waals surface area contributed by atoms with E-state index in [1.807, 2.05) is 13.8 Å². The number of hydrogen-bond donors (Lipinski definition) is 1. The number of rotatable bonds is 6. The standard InChI is InChI=1S/C10H15ClN4O3/c1-4-6(2)15(5-7(16)17)9-12-8(11)13-10(14-9)18-3/h6H,4-5H2,1-3H3,(H,16,17). The van der Waals surface area contributed by atoms with E-state index in [1.165, 1.54) is 7.11 Å². The lowest BCUT2D eigenvalue weighted by atomic mass is 10.2. The normalized spacial score (nSPS) is 12.0. The first-order chi connectivity index (χ1) is 8.47. The van der Waals surface area contributed by atoms with Gasteiger partial charge < -0.3 is 14.7 Å². The van der Waals surface area contributed by atoms with Crippen LogP contribution in [0.5, 0.6) is 6.01 Å². The van der Waals surface area contributed by atoms with Gasteiger partial charge in [0, 0.05) is 6.04 Å². The summed E-state index contributed by atoms with van der Waals surface area (Å²) in [4.78, 5) is 24.1. The molecule has 8 heteroatoms. The van der Waals surface area contributed by atoms with Crippen LogP contribution in [-0.2, 0) is 4.79 Å². The van der Waals surface area contributed by atoms with Crippen molar-refractivity contribution in [3.05, 3.63) is 5.28 Å². The van der Waals surface area contributed by atoms with Gasteiger partial charge in [-0.1, -0.05) is 6.92 Å². The van der Waals surface area contributed by atoms with E-state index in [4.69, 9.17) is 21.4 Å². The minimum atomic E-state index is -0.967. The Bertz CT molecular complexity index is 430. The summed E-state index contributed by atoms with van der Waals surface area (Å²) < 4.78 is 4.88. The van der Waals surface area contributed by atoms with Crippen LogP contribution in [0.2, 0.25) is 5.28 Å². The number of carboxylic acid groups (broad SMARTS) is 1. The lowest BCUT2D eigenvalue weighted by molar-refractivity contribution is -0.135. The Hall–Kier alpha value is -1.63. The Morgan fingerprint density at radius 1 is 1.50 bits per heavy atom. The summed E-state index contributed by atoms with van der Waals surface area (Å²) in [5.74, 6) is -0.769. The minimum Gasteiger partial charge on any atom is -0.480 e. The van der Waals surface area contributed by atoms with Crippen molar-refractivity contribution in [2.45, 2.75) is 26.3 Å². The zero-order chi connectivity index (χ0) is 13.7. The highest BCUT2D eigenvalue weighted by Crippen LogP contribution is 2.18. The monoisotopic (exact) mass is 274 g/mol. The van der Waals surface area contributed by atoms with E-state index >= 15 is 0 Å². The molecular formula is C10H15ClN4O3. The van der Waals surface area contributed by atoms with E-state index in [0.717, 1.165) is 6.42 Å². The van der Waals surface area contributed by atoms with Crippen molar-refractivity contribution in [2.24, 2.45) is 0 Å². The number of ether oxygens (including phenoxy) is 1. The highest BCUT2D eigenvalue weighted by Gasteiger charge is 2.20. The molecule has 0 spiro atoms. The highest BCUT2D eigenvalue weighted by atomic mass is 35.5. The second-order valence-corrected chi connectivity index (χ2v) is 4.01. The summed E-state index contributed by atoms with van der Waals surface area (Å²) >= 11 is 5.74. The molecule has 0 aliphatic carbocycles. The van der Waals surface area contributed by atoms with Crippen LogP contribution in [0.4, 0.5) is 5.95 Å². The number of anilines is 1. The molecule has 7 nitrogen and oxygen atoms in total. The molecule has 0 aromatic carbocycles. The third-order valence-electron chi connectivity index (χ3n) is 2.44. The van der Waals surface area contributed by atoms with Gasteiger partial charge in [0.15, 0.2) is 0 Å². The zero-order valence-electron chi connectivity index (χ0n) is 10.4. The van der Waals surface area contributed by atoms with Crippen LogP contribution in [0, 0.1) is 0 Å². The van der Waals surface area contributed by atoms with Crippen LogP contribution in [0.1, 0.15) is 20.3 Å². The van der Waals surface area contributed by atoms with Gasteiger partial charge in [-0.3, -0.25) is 4.79 Å². The van der Waals surface area contributed by atoms with Crippen molar-refractivity contribution >= 4 is 23.5 Å². The van der Waals surface area contributed by atoms with Crippen molar-refractivity contribution in [2.75, 3.05) is 18.6 Å². The first kappa shape index (κ1) is 14.4. The van der Waals surface area contributed by atoms with Crippen LogP contribution in [-0.4, -0.2) is 45.7 Å². The maximum absolute atomic E-state index is 10.9. The number of aliphatic carboxylic acids is 1. The van der Waals surface area contributed by atoms with Crippen LogP contribution in [0.3, 0.4) is 0 Å². The van der Waals surface area contributed by atoms with Crippen molar-refractivity contribution in [3.8, 4) is 6.01 Å². The lowest BCUT2D eigenvalue weighted by Crippen LogP contribution is -2.38. The topological polar surface area (TPSA) is 88.4 Å². The Balaban J connectivity index is 3.11. The molecular weight excluding hydrogens is 260 g/mol. The van der Waals surface area contributed by atoms with Crippen molar-refractivity contribution < 1.29 is 14.6 Å². The van der Waals surface area contributed by atoms with E-state index in [2.05, 4.69) is 15.0 Å². The molecule has 1 unspecified atom stereocenters. The second kappa shape index (κ2) is 6.34. The van der Waals surface area contributed by atoms with Crippen LogP contribution < -0.4 is 9.64 Å². The molecule has 0 saturated heterocycles. The van der Waals surface area contributed by atoms with Gasteiger partial charge in [0.2, 0.25) is 11.2 Å². The first-order valence-corrected chi connectivity index (χ1v) is 5.79. The second-order valence-electron chi connectivity index (χ2n) is 3.67. The zero-order valence-corrected chi connectivity index (χ0v) is 11.2. The summed E-state index contributed by atoms with van der Waals surface area (Å²) in [5, 5.41) is 8.88. The number of carbonyl (C=O) groups is 1. The molecule has 18 heavy (non-hydrogen) atoms. The van der Waals surface area contributed by atoms with Crippen LogP contribution in [0.25, 0.3) is 0 Å². The molecule has 0 aliphatic rings. The fourth-order valence-electron chi connectivity index (χ4n) is 1.33. The molecule has 1 heterocycles. The highest BCUT2D eigenvalue weighted by molar-refractivity contribution is 6.28. The average Bonchev–Trinajstić information content (AvgIpc) is 2.33. The van der Waals surface area contributed by atoms with E-state index in [1.54, 1.807) is 4.90 Å². The molecule has 1 N–H and O–H groups in total. The molecule has 0 fully saturated rings. The summed E-state index contributed by atoms with van der Waals surface area (Å²) in [6.07, 6.45) is 0.749. The fraction of sp³-hybridized carbons (Fsp3) is 0.600. The smallest absolute Gasteiger partial charge is 0.323 e. The van der Waals surface area contributed by atoms with Gasteiger partial charge in [0.25, 0.3) is 0 Å². The molecule has 0 amide bonds. The molecule has 0 aliphatic heterocycles. The maximum atomic E-state index is 10.9. The molecule has 100 valence electrons. The quantitative estimate of drug-likeness (QED) is 0.834. The summed E-state index contributed by atoms with van der Waals surface area (Å²) in [7, 11) is 1.40. The summed E-state index contributed by atoms with van der Waals surface area (Å²) in [6, 6.07) is 0.0213. The van der Waals surface area contributed by atoms with E-state index in [0.29, 0.717) is 0 Å². The van der Waals surface area contributed by atoms with Gasteiger partial charge in [-0.2, -0.15) is 15.0 Å². The molecule has 0 radical (unpaired) electrons. The number of methoxy groups -OCH3 is 1. The summed E-state index contributed by atoms with van der Waals surface area (Å²) in [5.41, 5.74) is 0. The third kappa shape index (κ3) is 3.69. The van der Waals surface area contributed by atoms with Crippen molar-refractivity contribution in [1.82, 2.24) is 15.0 Å². The average molecular weight is 275 g/mol. The van der Waals surface area contributed by atoms with Gasteiger partial charge in [0.05, 0.1) is 7.11 Å². The van der Waals surface area contributed by atoms with E-state index < -0.39 is 5.97 Å². The van der Waals surface area contributed by atoms with E-state index in [9.17, 15) is 4.79 Å². The molecule has 1 atom stereocenters. The molecule has 0 bridgehead atoms. The first-order valence-electron chi connectivity index (χ1n) is 5.42. The number of nitrogens with zero attached hydrogens (tertiary/aromatic N) is 4. The SMILES string of the molecule is CCC(C)N(CC(=O)O)c1nc(Cl)nc(OC)n1. The van der Waals surface area contributed by atoms with Crippen molar-refractivity contribution in [3.63, 3.8) is 0 Å². The van der Waals surface area contributed by atoms with Gasteiger partial charge in [-0.05, 0) is 24.9 Å². The van der Waals surface area contributed by atoms with Crippen LogP contribution in [0.15, 0.2) is 0 Å².